The minimum atomic E-state index is 0.100. The lowest BCUT2D eigenvalue weighted by molar-refractivity contribution is 0.142. The maximum atomic E-state index is 5.92. The van der Waals surface area contributed by atoms with Crippen LogP contribution in [-0.2, 0) is 4.74 Å². The zero-order chi connectivity index (χ0) is 20.6. The van der Waals surface area contributed by atoms with E-state index in [0.717, 1.165) is 40.5 Å². The first-order chi connectivity index (χ1) is 14.2. The highest BCUT2D eigenvalue weighted by molar-refractivity contribution is 5.57. The summed E-state index contributed by atoms with van der Waals surface area (Å²) in [6.07, 6.45) is 9.52. The van der Waals surface area contributed by atoms with Gasteiger partial charge in [-0.3, -0.25) is 0 Å². The summed E-state index contributed by atoms with van der Waals surface area (Å²) in [6.45, 7) is 0.713. The van der Waals surface area contributed by atoms with E-state index in [1.807, 2.05) is 36.4 Å². The van der Waals surface area contributed by atoms with E-state index in [1.54, 1.807) is 28.4 Å². The lowest BCUT2D eigenvalue weighted by Crippen LogP contribution is -1.99. The van der Waals surface area contributed by atoms with E-state index in [-0.39, 0.29) is 6.10 Å². The third kappa shape index (κ3) is 5.33. The first-order valence-electron chi connectivity index (χ1n) is 9.59. The Labute approximate surface area is 172 Å². The summed E-state index contributed by atoms with van der Waals surface area (Å²) in [7, 11) is 6.56. The third-order valence-electron chi connectivity index (χ3n) is 4.94. The van der Waals surface area contributed by atoms with E-state index in [0.29, 0.717) is 12.5 Å². The fourth-order valence-electron chi connectivity index (χ4n) is 3.33. The average Bonchev–Trinajstić information content (AvgIpc) is 3.23. The molecule has 0 bridgehead atoms. The second kappa shape index (κ2) is 10.0. The van der Waals surface area contributed by atoms with Crippen LogP contribution in [0.2, 0.25) is 0 Å². The molecule has 0 aromatic heterocycles. The first kappa shape index (κ1) is 20.8. The van der Waals surface area contributed by atoms with Gasteiger partial charge in [0, 0.05) is 5.92 Å². The summed E-state index contributed by atoms with van der Waals surface area (Å²) in [6, 6.07) is 11.8. The van der Waals surface area contributed by atoms with Gasteiger partial charge in [-0.2, -0.15) is 0 Å². The minimum absolute atomic E-state index is 0.100. The zero-order valence-corrected chi connectivity index (χ0v) is 17.4. The Morgan fingerprint density at radius 1 is 0.724 bits per heavy atom. The maximum absolute atomic E-state index is 5.92. The van der Waals surface area contributed by atoms with Gasteiger partial charge in [-0.15, -0.1) is 0 Å². The largest absolute Gasteiger partial charge is 0.493 e. The fourth-order valence-corrected chi connectivity index (χ4v) is 3.33. The first-order valence-corrected chi connectivity index (χ1v) is 9.59. The predicted molar refractivity (Wildman–Crippen MR) is 115 cm³/mol. The highest BCUT2D eigenvalue weighted by atomic mass is 16.5. The van der Waals surface area contributed by atoms with Crippen molar-refractivity contribution in [3.63, 3.8) is 0 Å². The molecule has 1 fully saturated rings. The van der Waals surface area contributed by atoms with Gasteiger partial charge in [-0.05, 0) is 41.8 Å². The van der Waals surface area contributed by atoms with Crippen molar-refractivity contribution >= 4 is 12.2 Å². The van der Waals surface area contributed by atoms with Crippen LogP contribution in [0.5, 0.6) is 23.0 Å². The van der Waals surface area contributed by atoms with Crippen LogP contribution in [0.25, 0.3) is 12.2 Å². The van der Waals surface area contributed by atoms with E-state index < -0.39 is 0 Å². The van der Waals surface area contributed by atoms with Crippen molar-refractivity contribution in [1.82, 2.24) is 0 Å². The van der Waals surface area contributed by atoms with Crippen LogP contribution < -0.4 is 18.9 Å². The average molecular weight is 396 g/mol. The molecule has 0 unspecified atom stereocenters. The van der Waals surface area contributed by atoms with Gasteiger partial charge in [-0.25, -0.2) is 0 Å². The van der Waals surface area contributed by atoms with Crippen molar-refractivity contribution in [3.05, 3.63) is 59.7 Å². The van der Waals surface area contributed by atoms with Crippen molar-refractivity contribution < 1.29 is 23.7 Å². The third-order valence-corrected chi connectivity index (χ3v) is 4.94. The Morgan fingerprint density at radius 2 is 1.24 bits per heavy atom. The molecule has 0 aliphatic carbocycles. The van der Waals surface area contributed by atoms with Gasteiger partial charge >= 0.3 is 0 Å². The van der Waals surface area contributed by atoms with Crippen LogP contribution >= 0.6 is 0 Å². The highest BCUT2D eigenvalue weighted by Gasteiger charge is 2.21. The van der Waals surface area contributed by atoms with Gasteiger partial charge in [-0.1, -0.05) is 36.4 Å². The molecule has 1 aliphatic heterocycles. The van der Waals surface area contributed by atoms with Crippen LogP contribution in [0, 0.1) is 5.92 Å². The van der Waals surface area contributed by atoms with Crippen LogP contribution in [0.1, 0.15) is 17.5 Å². The van der Waals surface area contributed by atoms with E-state index in [9.17, 15) is 0 Å². The smallest absolute Gasteiger partial charge is 0.161 e. The van der Waals surface area contributed by atoms with Crippen LogP contribution in [-0.4, -0.2) is 41.2 Å². The topological polar surface area (TPSA) is 46.2 Å². The zero-order valence-electron chi connectivity index (χ0n) is 17.4. The van der Waals surface area contributed by atoms with Gasteiger partial charge in [0.05, 0.1) is 41.2 Å². The molecule has 0 N–H and O–H groups in total. The fraction of sp³-hybridized carbons (Fsp3) is 0.333. The molecule has 1 aliphatic rings. The number of benzene rings is 2. The molecule has 0 spiro atoms. The summed E-state index contributed by atoms with van der Waals surface area (Å²) in [5.41, 5.74) is 2.13. The lowest BCUT2D eigenvalue weighted by atomic mass is 10.0. The Morgan fingerprint density at radius 3 is 1.76 bits per heavy atom. The van der Waals surface area contributed by atoms with Gasteiger partial charge < -0.3 is 23.7 Å². The van der Waals surface area contributed by atoms with Crippen LogP contribution in [0.15, 0.2) is 48.6 Å². The quantitative estimate of drug-likeness (QED) is 0.638. The molecule has 1 saturated heterocycles. The molecule has 2 aromatic rings. The van der Waals surface area contributed by atoms with Gasteiger partial charge in [0.2, 0.25) is 0 Å². The van der Waals surface area contributed by atoms with Crippen molar-refractivity contribution in [1.29, 1.82) is 0 Å². The molecule has 5 heteroatoms. The molecular weight excluding hydrogens is 368 g/mol. The Kier molecular flexibility index (Phi) is 7.19. The van der Waals surface area contributed by atoms with Crippen molar-refractivity contribution in [2.75, 3.05) is 35.0 Å². The summed E-state index contributed by atoms with van der Waals surface area (Å²) in [5.74, 6) is 3.28. The molecule has 0 saturated carbocycles. The molecule has 2 aromatic carbocycles. The monoisotopic (exact) mass is 396 g/mol. The van der Waals surface area contributed by atoms with Gasteiger partial charge in [0.25, 0.3) is 0 Å². The summed E-state index contributed by atoms with van der Waals surface area (Å²) >= 11 is 0. The number of methoxy groups -OCH3 is 4. The standard InChI is InChI=1S/C24H28O5/c1-25-21-11-8-17(14-23(21)27-3)5-6-19-13-20(29-16-19)10-7-18-9-12-22(26-2)24(15-18)28-4/h5-12,14-15,19-20H,13,16H2,1-4H3/b6-5+,10-7+/t19-,20+/m1/s1. The molecule has 5 nitrogen and oxygen atoms in total. The number of hydrogen-bond acceptors (Lipinski definition) is 5. The number of rotatable bonds is 8. The lowest BCUT2D eigenvalue weighted by Gasteiger charge is -2.08. The maximum Gasteiger partial charge on any atom is 0.161 e. The summed E-state index contributed by atoms with van der Waals surface area (Å²) < 4.78 is 27.2. The number of hydrogen-bond donors (Lipinski definition) is 0. The highest BCUT2D eigenvalue weighted by Crippen LogP contribution is 2.30. The summed E-state index contributed by atoms with van der Waals surface area (Å²) in [4.78, 5) is 0. The van der Waals surface area contributed by atoms with E-state index in [4.69, 9.17) is 23.7 Å². The van der Waals surface area contributed by atoms with Crippen LogP contribution in [0.3, 0.4) is 0 Å². The Balaban J connectivity index is 1.59. The normalized spacial score (nSPS) is 19.0. The molecule has 0 amide bonds. The Hall–Kier alpha value is -2.92. The summed E-state index contributed by atoms with van der Waals surface area (Å²) in [5, 5.41) is 0. The molecule has 2 atom stereocenters. The molecule has 154 valence electrons. The number of ether oxygens (including phenoxy) is 5. The van der Waals surface area contributed by atoms with E-state index in [1.165, 1.54) is 0 Å². The minimum Gasteiger partial charge on any atom is -0.493 e. The van der Waals surface area contributed by atoms with Crippen molar-refractivity contribution in [2.24, 2.45) is 5.92 Å². The van der Waals surface area contributed by atoms with E-state index >= 15 is 0 Å². The Bertz CT molecular complexity index is 800. The predicted octanol–water partition coefficient (Wildman–Crippen LogP) is 4.85. The van der Waals surface area contributed by atoms with Crippen molar-refractivity contribution in [3.8, 4) is 23.0 Å². The van der Waals surface area contributed by atoms with E-state index in [2.05, 4.69) is 24.3 Å². The molecule has 1 heterocycles. The molecule has 0 radical (unpaired) electrons. The van der Waals surface area contributed by atoms with Crippen molar-refractivity contribution in [2.45, 2.75) is 12.5 Å². The SMILES string of the molecule is COc1ccc(/C=C/[C@H]2CO[C@@H](/C=C/c3ccc(OC)c(OC)c3)C2)cc1OC. The second-order valence-electron chi connectivity index (χ2n) is 6.81. The second-order valence-corrected chi connectivity index (χ2v) is 6.81. The molecular formula is C24H28O5. The van der Waals surface area contributed by atoms with Crippen LogP contribution in [0.4, 0.5) is 0 Å². The molecule has 29 heavy (non-hydrogen) atoms. The van der Waals surface area contributed by atoms with Gasteiger partial charge in [0.1, 0.15) is 0 Å². The molecule has 3 rings (SSSR count). The van der Waals surface area contributed by atoms with Gasteiger partial charge in [0.15, 0.2) is 23.0 Å².